The maximum Gasteiger partial charge on any atom is 0.0761 e. The first-order valence-corrected chi connectivity index (χ1v) is 22.8. The van der Waals surface area contributed by atoms with Crippen LogP contribution in [-0.4, -0.2) is 0 Å². The fraction of sp³-hybridized carbons (Fsp3) is 0.0164. The summed E-state index contributed by atoms with van der Waals surface area (Å²) in [5.41, 5.74) is 17.7. The third-order valence-electron chi connectivity index (χ3n) is 13.4. The van der Waals surface area contributed by atoms with E-state index in [0.717, 1.165) is 28.4 Å². The van der Waals surface area contributed by atoms with Crippen LogP contribution in [0.25, 0.3) is 53.6 Å². The highest BCUT2D eigenvalue weighted by Gasteiger charge is 2.55. The third kappa shape index (κ3) is 5.38. The summed E-state index contributed by atoms with van der Waals surface area (Å²) in [6.07, 6.45) is 0. The van der Waals surface area contributed by atoms with Crippen LogP contribution in [0, 0.1) is 0 Å². The van der Waals surface area contributed by atoms with Crippen molar-refractivity contribution in [3.05, 3.63) is 265 Å². The minimum atomic E-state index is -0.639. The molecule has 64 heavy (non-hydrogen) atoms. The summed E-state index contributed by atoms with van der Waals surface area (Å²) in [4.78, 5) is 6.29. The number of hydrogen-bond acceptors (Lipinski definition) is 3. The molecule has 0 bridgehead atoms. The van der Waals surface area contributed by atoms with Crippen LogP contribution in [0.5, 0.6) is 0 Å². The van der Waals surface area contributed by atoms with Gasteiger partial charge in [-0.2, -0.15) is 0 Å². The second-order valence-electron chi connectivity index (χ2n) is 16.8. The fourth-order valence-electron chi connectivity index (χ4n) is 10.8. The molecule has 3 heteroatoms. The van der Waals surface area contributed by atoms with E-state index in [1.54, 1.807) is 0 Å². The lowest BCUT2D eigenvalue weighted by atomic mass is 9.69. The molecule has 2 nitrogen and oxygen atoms in total. The molecule has 11 aromatic rings. The minimum Gasteiger partial charge on any atom is -0.310 e. The lowest BCUT2D eigenvalue weighted by Gasteiger charge is -2.36. The Hall–Kier alpha value is -7.98. The zero-order chi connectivity index (χ0) is 42.2. The lowest BCUT2D eigenvalue weighted by Crippen LogP contribution is -2.28. The third-order valence-corrected chi connectivity index (χ3v) is 14.6. The summed E-state index contributed by atoms with van der Waals surface area (Å²) in [6.45, 7) is 0. The van der Waals surface area contributed by atoms with E-state index in [4.69, 9.17) is 0 Å². The van der Waals surface area contributed by atoms with Crippen molar-refractivity contribution in [2.75, 3.05) is 9.80 Å². The minimum absolute atomic E-state index is 0.639. The van der Waals surface area contributed by atoms with Gasteiger partial charge in [0, 0.05) is 43.3 Å². The molecule has 0 saturated carbocycles. The van der Waals surface area contributed by atoms with Gasteiger partial charge >= 0.3 is 0 Å². The molecule has 13 rings (SSSR count). The average molecular weight is 833 g/mol. The van der Waals surface area contributed by atoms with Crippen LogP contribution in [0.3, 0.4) is 0 Å². The number of anilines is 6. The Labute approximate surface area is 377 Å². The Morgan fingerprint density at radius 1 is 0.328 bits per heavy atom. The maximum atomic E-state index is 2.52. The van der Waals surface area contributed by atoms with Crippen LogP contribution < -0.4 is 9.80 Å². The van der Waals surface area contributed by atoms with Crippen LogP contribution in [-0.2, 0) is 5.41 Å². The SMILES string of the molecule is c1ccc(-c2ccc(N(c3ccccc3)c3ccc4c(c3)C3(c5ccccc5-c5cccc(N(c6ccccc6)c6cccc7ccccc67)c53)c3c-4sc4ccccc34)cc2)cc1. The summed E-state index contributed by atoms with van der Waals surface area (Å²) in [6, 6.07) is 89.4. The van der Waals surface area contributed by atoms with Crippen molar-refractivity contribution in [1.29, 1.82) is 0 Å². The van der Waals surface area contributed by atoms with Crippen molar-refractivity contribution in [2.24, 2.45) is 0 Å². The van der Waals surface area contributed by atoms with Crippen LogP contribution in [0.4, 0.5) is 34.1 Å². The molecule has 0 radical (unpaired) electrons. The van der Waals surface area contributed by atoms with Crippen LogP contribution in [0.2, 0.25) is 0 Å². The Bertz CT molecular complexity index is 3550. The van der Waals surface area contributed by atoms with E-state index >= 15 is 0 Å². The van der Waals surface area contributed by atoms with Gasteiger partial charge in [0.05, 0.1) is 16.8 Å². The first-order chi connectivity index (χ1) is 31.8. The molecule has 0 fully saturated rings. The number of hydrogen-bond donors (Lipinski definition) is 0. The molecule has 1 atom stereocenters. The summed E-state index contributed by atoms with van der Waals surface area (Å²) >= 11 is 1.93. The number of thiophene rings is 1. The van der Waals surface area contributed by atoms with Crippen LogP contribution in [0.15, 0.2) is 243 Å². The van der Waals surface area contributed by atoms with Crippen molar-refractivity contribution in [3.63, 3.8) is 0 Å². The number of nitrogens with zero attached hydrogens (tertiary/aromatic N) is 2. The van der Waals surface area contributed by atoms with Gasteiger partial charge in [-0.1, -0.05) is 176 Å². The molecule has 2 aliphatic rings. The van der Waals surface area contributed by atoms with Gasteiger partial charge in [-0.05, 0) is 122 Å². The van der Waals surface area contributed by atoms with Crippen molar-refractivity contribution in [2.45, 2.75) is 5.41 Å². The highest BCUT2D eigenvalue weighted by Crippen LogP contribution is 2.68. The van der Waals surface area contributed by atoms with Gasteiger partial charge in [-0.15, -0.1) is 11.3 Å². The quantitative estimate of drug-likeness (QED) is 0.158. The largest absolute Gasteiger partial charge is 0.310 e. The van der Waals surface area contributed by atoms with Gasteiger partial charge < -0.3 is 9.80 Å². The second kappa shape index (κ2) is 14.6. The molecule has 0 N–H and O–H groups in total. The van der Waals surface area contributed by atoms with Gasteiger partial charge in [0.15, 0.2) is 0 Å². The number of benzene rings is 10. The molecule has 0 saturated heterocycles. The van der Waals surface area contributed by atoms with Gasteiger partial charge in [0.1, 0.15) is 0 Å². The van der Waals surface area contributed by atoms with E-state index in [1.807, 2.05) is 11.3 Å². The van der Waals surface area contributed by atoms with E-state index in [0.29, 0.717) is 0 Å². The van der Waals surface area contributed by atoms with E-state index < -0.39 is 5.41 Å². The zero-order valence-electron chi connectivity index (χ0n) is 34.9. The standard InChI is InChI=1S/C61H40N2S/c1-4-18-41(19-5-1)42-34-36-46(37-35-42)62(44-22-6-2-7-23-44)47-38-39-51-54(40-47)61(59-52-28-13-15-33-57(52)64-60(51)59)53-30-14-12-27-49(53)50-29-17-32-56(58(50)61)63(45-24-8-3-9-25-45)55-31-16-21-43-20-10-11-26-48(43)55/h1-40H. The first-order valence-electron chi connectivity index (χ1n) is 22.0. The molecular weight excluding hydrogens is 793 g/mol. The zero-order valence-corrected chi connectivity index (χ0v) is 35.7. The van der Waals surface area contributed by atoms with E-state index in [1.165, 1.54) is 81.5 Å². The normalized spacial score (nSPS) is 14.3. The fourth-order valence-corrected chi connectivity index (χ4v) is 12.1. The van der Waals surface area contributed by atoms with Gasteiger partial charge in [-0.3, -0.25) is 0 Å². The van der Waals surface area contributed by atoms with Gasteiger partial charge in [0.25, 0.3) is 0 Å². The predicted molar refractivity (Wildman–Crippen MR) is 270 cm³/mol. The summed E-state index contributed by atoms with van der Waals surface area (Å²) < 4.78 is 1.31. The van der Waals surface area contributed by atoms with Gasteiger partial charge in [0.2, 0.25) is 0 Å². The molecule has 0 amide bonds. The molecule has 1 aromatic heterocycles. The Morgan fingerprint density at radius 2 is 0.891 bits per heavy atom. The Balaban J connectivity index is 1.12. The van der Waals surface area contributed by atoms with Crippen LogP contribution in [0.1, 0.15) is 22.3 Å². The van der Waals surface area contributed by atoms with E-state index in [9.17, 15) is 0 Å². The molecule has 10 aromatic carbocycles. The first kappa shape index (κ1) is 36.7. The topological polar surface area (TPSA) is 6.48 Å². The highest BCUT2D eigenvalue weighted by molar-refractivity contribution is 7.22. The number of fused-ring (bicyclic) bond motifs is 13. The van der Waals surface area contributed by atoms with Crippen molar-refractivity contribution in [1.82, 2.24) is 0 Å². The lowest BCUT2D eigenvalue weighted by molar-refractivity contribution is 0.801. The van der Waals surface area contributed by atoms with E-state index in [2.05, 4.69) is 252 Å². The number of para-hydroxylation sites is 2. The van der Waals surface area contributed by atoms with Gasteiger partial charge in [-0.25, -0.2) is 0 Å². The van der Waals surface area contributed by atoms with Crippen molar-refractivity contribution >= 4 is 66.3 Å². The molecule has 300 valence electrons. The summed E-state index contributed by atoms with van der Waals surface area (Å²) in [7, 11) is 0. The summed E-state index contributed by atoms with van der Waals surface area (Å²) in [5, 5.41) is 3.74. The average Bonchev–Trinajstić information content (AvgIpc) is 3.99. The second-order valence-corrected chi connectivity index (χ2v) is 17.8. The highest BCUT2D eigenvalue weighted by atomic mass is 32.1. The van der Waals surface area contributed by atoms with Crippen LogP contribution >= 0.6 is 11.3 Å². The smallest absolute Gasteiger partial charge is 0.0761 e. The van der Waals surface area contributed by atoms with E-state index in [-0.39, 0.29) is 0 Å². The number of rotatable bonds is 7. The maximum absolute atomic E-state index is 2.52. The van der Waals surface area contributed by atoms with Crippen molar-refractivity contribution in [3.8, 4) is 32.7 Å². The predicted octanol–water partition coefficient (Wildman–Crippen LogP) is 17.0. The molecule has 0 aliphatic heterocycles. The van der Waals surface area contributed by atoms with Crippen molar-refractivity contribution < 1.29 is 0 Å². The Kier molecular flexibility index (Phi) is 8.34. The monoisotopic (exact) mass is 832 g/mol. The molecule has 1 spiro atoms. The molecule has 1 unspecified atom stereocenters. The summed E-state index contributed by atoms with van der Waals surface area (Å²) in [5.74, 6) is 0. The molecular formula is C61H40N2S. The molecule has 1 heterocycles. The molecule has 2 aliphatic carbocycles. The Morgan fingerprint density at radius 3 is 1.69 bits per heavy atom.